The van der Waals surface area contributed by atoms with Gasteiger partial charge in [-0.05, 0) is 51.6 Å². The summed E-state index contributed by atoms with van der Waals surface area (Å²) in [6.07, 6.45) is 4.11. The van der Waals surface area contributed by atoms with Crippen LogP contribution in [0.4, 0.5) is 0 Å². The molecule has 21 heavy (non-hydrogen) atoms. The van der Waals surface area contributed by atoms with Crippen LogP contribution in [0, 0.1) is 5.41 Å². The summed E-state index contributed by atoms with van der Waals surface area (Å²) in [4.78, 5) is 4.80. The van der Waals surface area contributed by atoms with Crippen molar-refractivity contribution in [2.75, 3.05) is 39.3 Å². The van der Waals surface area contributed by atoms with E-state index < -0.39 is 0 Å². The van der Waals surface area contributed by atoms with Crippen LogP contribution in [0.2, 0.25) is 0 Å². The van der Waals surface area contributed by atoms with Crippen LogP contribution in [0.3, 0.4) is 0 Å². The van der Waals surface area contributed by atoms with E-state index in [1.54, 1.807) is 0 Å². The zero-order chi connectivity index (χ0) is 15.5. The maximum atomic E-state index is 10.4. The molecular weight excluding hydrogens is 264 g/mol. The fraction of sp³-hybridized carbons (Fsp3) is 1.00. The molecule has 0 aromatic heterocycles. The van der Waals surface area contributed by atoms with Gasteiger partial charge in [0.25, 0.3) is 0 Å². The predicted octanol–water partition coefficient (Wildman–Crippen LogP) is 1.97. The number of morpholine rings is 1. The average Bonchev–Trinajstić information content (AvgIpc) is 2.49. The van der Waals surface area contributed by atoms with E-state index in [-0.39, 0.29) is 18.3 Å². The van der Waals surface area contributed by atoms with Crippen molar-refractivity contribution in [2.45, 2.75) is 65.3 Å². The molecule has 2 aliphatic rings. The van der Waals surface area contributed by atoms with Crippen molar-refractivity contribution < 1.29 is 9.84 Å². The molecule has 0 aliphatic carbocycles. The molecule has 2 aliphatic heterocycles. The van der Waals surface area contributed by atoms with Gasteiger partial charge in [0.15, 0.2) is 0 Å². The van der Waals surface area contributed by atoms with Crippen LogP contribution in [-0.4, -0.2) is 72.5 Å². The first-order valence-corrected chi connectivity index (χ1v) is 8.62. The molecule has 0 bridgehead atoms. The molecule has 0 amide bonds. The zero-order valence-corrected chi connectivity index (χ0v) is 14.3. The quantitative estimate of drug-likeness (QED) is 0.861. The number of ether oxygens (including phenoxy) is 1. The molecule has 4 nitrogen and oxygen atoms in total. The topological polar surface area (TPSA) is 35.9 Å². The third-order valence-electron chi connectivity index (χ3n) is 4.87. The van der Waals surface area contributed by atoms with Crippen LogP contribution < -0.4 is 0 Å². The third kappa shape index (κ3) is 5.85. The first kappa shape index (κ1) is 17.2. The van der Waals surface area contributed by atoms with Crippen molar-refractivity contribution >= 4 is 0 Å². The van der Waals surface area contributed by atoms with Crippen molar-refractivity contribution in [3.8, 4) is 0 Å². The summed E-state index contributed by atoms with van der Waals surface area (Å²) >= 11 is 0. The lowest BCUT2D eigenvalue weighted by atomic mass is 9.85. The fourth-order valence-corrected chi connectivity index (χ4v) is 3.75. The molecule has 2 heterocycles. The number of hydrogen-bond acceptors (Lipinski definition) is 4. The van der Waals surface area contributed by atoms with Gasteiger partial charge in [0.2, 0.25) is 0 Å². The van der Waals surface area contributed by atoms with Crippen molar-refractivity contribution in [1.29, 1.82) is 0 Å². The largest absolute Gasteiger partial charge is 0.390 e. The highest BCUT2D eigenvalue weighted by Gasteiger charge is 2.26. The number of aliphatic hydroxyl groups excluding tert-OH is 1. The van der Waals surface area contributed by atoms with E-state index in [4.69, 9.17) is 4.74 Å². The van der Waals surface area contributed by atoms with Gasteiger partial charge in [-0.2, -0.15) is 0 Å². The Morgan fingerprint density at radius 3 is 2.33 bits per heavy atom. The zero-order valence-electron chi connectivity index (χ0n) is 14.3. The lowest BCUT2D eigenvalue weighted by Gasteiger charge is -2.37. The van der Waals surface area contributed by atoms with E-state index in [0.29, 0.717) is 5.41 Å². The molecule has 2 fully saturated rings. The van der Waals surface area contributed by atoms with Gasteiger partial charge in [-0.3, -0.25) is 4.90 Å². The number of likely N-dealkylation sites (tertiary alicyclic amines) is 1. The normalized spacial score (nSPS) is 33.6. The van der Waals surface area contributed by atoms with Crippen molar-refractivity contribution in [3.05, 3.63) is 0 Å². The highest BCUT2D eigenvalue weighted by atomic mass is 16.5. The van der Waals surface area contributed by atoms with E-state index in [9.17, 15) is 5.11 Å². The minimum Gasteiger partial charge on any atom is -0.390 e. The van der Waals surface area contributed by atoms with Crippen LogP contribution in [-0.2, 0) is 4.74 Å². The molecule has 0 aromatic carbocycles. The predicted molar refractivity (Wildman–Crippen MR) is 86.5 cm³/mol. The second-order valence-electron chi connectivity index (χ2n) is 7.95. The second kappa shape index (κ2) is 7.40. The Kier molecular flexibility index (Phi) is 6.06. The standard InChI is InChI=1S/C17H34N2O2/c1-14-10-19(11-15(2)21-14)13-16(20)12-18-8-5-6-17(3,4)7-9-18/h14-16,20H,5-13H2,1-4H3. The maximum Gasteiger partial charge on any atom is 0.0793 e. The Balaban J connectivity index is 1.75. The van der Waals surface area contributed by atoms with E-state index >= 15 is 0 Å². The highest BCUT2D eigenvalue weighted by Crippen LogP contribution is 2.29. The summed E-state index contributed by atoms with van der Waals surface area (Å²) in [5, 5.41) is 10.4. The van der Waals surface area contributed by atoms with Crippen LogP contribution in [0.15, 0.2) is 0 Å². The number of aliphatic hydroxyl groups is 1. The van der Waals surface area contributed by atoms with Gasteiger partial charge in [0, 0.05) is 26.2 Å². The molecule has 3 atom stereocenters. The minimum atomic E-state index is -0.247. The molecule has 3 unspecified atom stereocenters. The number of β-amino-alcohol motifs (C(OH)–C–C–N with tert-alkyl or cyclic N) is 1. The summed E-state index contributed by atoms with van der Waals surface area (Å²) in [6.45, 7) is 14.7. The highest BCUT2D eigenvalue weighted by molar-refractivity contribution is 4.80. The Hall–Kier alpha value is -0.160. The summed E-state index contributed by atoms with van der Waals surface area (Å²) < 4.78 is 5.75. The SMILES string of the molecule is CC1CN(CC(O)CN2CCCC(C)(C)CC2)CC(C)O1. The van der Waals surface area contributed by atoms with Crippen LogP contribution >= 0.6 is 0 Å². The Bertz CT molecular complexity index is 312. The van der Waals surface area contributed by atoms with E-state index in [2.05, 4.69) is 37.5 Å². The van der Waals surface area contributed by atoms with Gasteiger partial charge >= 0.3 is 0 Å². The van der Waals surface area contributed by atoms with Gasteiger partial charge in [-0.1, -0.05) is 13.8 Å². The molecule has 0 spiro atoms. The molecule has 0 saturated carbocycles. The average molecular weight is 298 g/mol. The first-order valence-electron chi connectivity index (χ1n) is 8.62. The Morgan fingerprint density at radius 2 is 1.67 bits per heavy atom. The fourth-order valence-electron chi connectivity index (χ4n) is 3.75. The maximum absolute atomic E-state index is 10.4. The van der Waals surface area contributed by atoms with Crippen molar-refractivity contribution in [3.63, 3.8) is 0 Å². The number of nitrogens with zero attached hydrogens (tertiary/aromatic N) is 2. The lowest BCUT2D eigenvalue weighted by molar-refractivity contribution is -0.0779. The Labute approximate surface area is 130 Å². The van der Waals surface area contributed by atoms with Crippen LogP contribution in [0.25, 0.3) is 0 Å². The lowest BCUT2D eigenvalue weighted by Crippen LogP contribution is -2.49. The molecule has 1 N–H and O–H groups in total. The molecule has 4 heteroatoms. The van der Waals surface area contributed by atoms with Gasteiger partial charge < -0.3 is 14.7 Å². The molecule has 2 rings (SSSR count). The van der Waals surface area contributed by atoms with Gasteiger partial charge in [-0.15, -0.1) is 0 Å². The summed E-state index contributed by atoms with van der Waals surface area (Å²) in [5.41, 5.74) is 0.467. The molecule has 124 valence electrons. The van der Waals surface area contributed by atoms with E-state index in [1.165, 1.54) is 19.3 Å². The molecule has 2 saturated heterocycles. The summed E-state index contributed by atoms with van der Waals surface area (Å²) in [7, 11) is 0. The summed E-state index contributed by atoms with van der Waals surface area (Å²) in [6, 6.07) is 0. The van der Waals surface area contributed by atoms with Crippen molar-refractivity contribution in [2.24, 2.45) is 5.41 Å². The summed E-state index contributed by atoms with van der Waals surface area (Å²) in [5.74, 6) is 0. The molecule has 0 aromatic rings. The second-order valence-corrected chi connectivity index (χ2v) is 7.95. The first-order chi connectivity index (χ1) is 9.84. The Morgan fingerprint density at radius 1 is 1.05 bits per heavy atom. The van der Waals surface area contributed by atoms with Crippen LogP contribution in [0.1, 0.15) is 47.0 Å². The third-order valence-corrected chi connectivity index (χ3v) is 4.87. The van der Waals surface area contributed by atoms with Gasteiger partial charge in [-0.25, -0.2) is 0 Å². The van der Waals surface area contributed by atoms with E-state index in [0.717, 1.165) is 39.3 Å². The van der Waals surface area contributed by atoms with E-state index in [1.807, 2.05) is 0 Å². The van der Waals surface area contributed by atoms with Gasteiger partial charge in [0.1, 0.15) is 0 Å². The monoisotopic (exact) mass is 298 g/mol. The smallest absolute Gasteiger partial charge is 0.0793 e. The van der Waals surface area contributed by atoms with Gasteiger partial charge in [0.05, 0.1) is 18.3 Å². The number of rotatable bonds is 4. The number of hydrogen-bond donors (Lipinski definition) is 1. The van der Waals surface area contributed by atoms with Crippen molar-refractivity contribution in [1.82, 2.24) is 9.80 Å². The van der Waals surface area contributed by atoms with Crippen LogP contribution in [0.5, 0.6) is 0 Å². The minimum absolute atomic E-state index is 0.247. The molecule has 0 radical (unpaired) electrons. The molecular formula is C17H34N2O2.